The fourth-order valence-corrected chi connectivity index (χ4v) is 3.67. The van der Waals surface area contributed by atoms with Gasteiger partial charge in [0.2, 0.25) is 0 Å². The van der Waals surface area contributed by atoms with Gasteiger partial charge in [-0.1, -0.05) is 11.6 Å². The van der Waals surface area contributed by atoms with Crippen LogP contribution in [-0.4, -0.2) is 24.1 Å². The number of nitrogens with one attached hydrogen (secondary N) is 1. The molecule has 126 valence electrons. The second-order valence-electron chi connectivity index (χ2n) is 6.75. The maximum absolute atomic E-state index is 12.7. The smallest absolute Gasteiger partial charge is 0.255 e. The molecule has 0 bridgehead atoms. The van der Waals surface area contributed by atoms with E-state index in [4.69, 9.17) is 22.1 Å². The molecule has 0 radical (unpaired) electrons. The van der Waals surface area contributed by atoms with Gasteiger partial charge in [0.25, 0.3) is 5.91 Å². The first-order valence-electron chi connectivity index (χ1n) is 8.64. The SMILES string of the molecule is NC1CCC(NC(=O)c2cc(Cl)ccc2OC2CCCC2)CC1. The van der Waals surface area contributed by atoms with E-state index in [1.807, 2.05) is 6.07 Å². The Morgan fingerprint density at radius 2 is 1.83 bits per heavy atom. The molecule has 0 unspecified atom stereocenters. The standard InChI is InChI=1S/C18H25ClN2O2/c19-12-5-10-17(23-15-3-1-2-4-15)16(11-12)18(22)21-14-8-6-13(20)7-9-14/h5,10-11,13-15H,1-4,6-9,20H2,(H,21,22). The Balaban J connectivity index is 1.69. The second kappa shape index (κ2) is 7.54. The summed E-state index contributed by atoms with van der Waals surface area (Å²) in [6.07, 6.45) is 8.53. The molecule has 0 aromatic heterocycles. The van der Waals surface area contributed by atoms with Gasteiger partial charge in [-0.05, 0) is 69.6 Å². The molecule has 3 N–H and O–H groups in total. The van der Waals surface area contributed by atoms with E-state index in [2.05, 4.69) is 5.32 Å². The lowest BCUT2D eigenvalue weighted by Gasteiger charge is -2.27. The quantitative estimate of drug-likeness (QED) is 0.881. The third kappa shape index (κ3) is 4.39. The van der Waals surface area contributed by atoms with E-state index in [1.165, 1.54) is 12.8 Å². The Hall–Kier alpha value is -1.26. The van der Waals surface area contributed by atoms with Crippen LogP contribution in [0, 0.1) is 0 Å². The molecular formula is C18H25ClN2O2. The van der Waals surface area contributed by atoms with Crippen LogP contribution in [0.3, 0.4) is 0 Å². The maximum atomic E-state index is 12.7. The van der Waals surface area contributed by atoms with E-state index in [0.717, 1.165) is 38.5 Å². The minimum atomic E-state index is -0.0963. The fraction of sp³-hybridized carbons (Fsp3) is 0.611. The Bertz CT molecular complexity index is 550. The van der Waals surface area contributed by atoms with Gasteiger partial charge in [-0.2, -0.15) is 0 Å². The van der Waals surface area contributed by atoms with Gasteiger partial charge in [0.15, 0.2) is 0 Å². The zero-order valence-electron chi connectivity index (χ0n) is 13.4. The summed E-state index contributed by atoms with van der Waals surface area (Å²) in [6, 6.07) is 5.76. The van der Waals surface area contributed by atoms with Crippen molar-refractivity contribution in [2.45, 2.75) is 69.6 Å². The lowest BCUT2D eigenvalue weighted by Crippen LogP contribution is -2.40. The van der Waals surface area contributed by atoms with Crippen LogP contribution in [-0.2, 0) is 0 Å². The zero-order chi connectivity index (χ0) is 16.2. The summed E-state index contributed by atoms with van der Waals surface area (Å²) in [5, 5.41) is 3.67. The number of rotatable bonds is 4. The first-order chi connectivity index (χ1) is 11.1. The molecule has 23 heavy (non-hydrogen) atoms. The molecule has 3 rings (SSSR count). The third-order valence-electron chi connectivity index (χ3n) is 4.89. The lowest BCUT2D eigenvalue weighted by atomic mass is 9.91. The van der Waals surface area contributed by atoms with Gasteiger partial charge in [0.1, 0.15) is 5.75 Å². The molecule has 0 heterocycles. The maximum Gasteiger partial charge on any atom is 0.255 e. The van der Waals surface area contributed by atoms with Crippen molar-refractivity contribution in [1.82, 2.24) is 5.32 Å². The number of nitrogens with two attached hydrogens (primary N) is 1. The summed E-state index contributed by atoms with van der Waals surface area (Å²) in [6.45, 7) is 0. The Kier molecular flexibility index (Phi) is 5.44. The molecule has 5 heteroatoms. The molecule has 1 aromatic rings. The van der Waals surface area contributed by atoms with Crippen molar-refractivity contribution in [3.05, 3.63) is 28.8 Å². The van der Waals surface area contributed by atoms with Crippen molar-refractivity contribution in [2.75, 3.05) is 0 Å². The minimum Gasteiger partial charge on any atom is -0.490 e. The summed E-state index contributed by atoms with van der Waals surface area (Å²) in [7, 11) is 0. The van der Waals surface area contributed by atoms with Gasteiger partial charge in [-0.15, -0.1) is 0 Å². The van der Waals surface area contributed by atoms with E-state index in [0.29, 0.717) is 16.3 Å². The van der Waals surface area contributed by atoms with Crippen molar-refractivity contribution >= 4 is 17.5 Å². The highest BCUT2D eigenvalue weighted by Gasteiger charge is 2.24. The average molecular weight is 337 g/mol. The van der Waals surface area contributed by atoms with E-state index in [1.54, 1.807) is 12.1 Å². The van der Waals surface area contributed by atoms with E-state index in [9.17, 15) is 4.79 Å². The topological polar surface area (TPSA) is 64.3 Å². The van der Waals surface area contributed by atoms with Crippen LogP contribution in [0.15, 0.2) is 18.2 Å². The first kappa shape index (κ1) is 16.6. The van der Waals surface area contributed by atoms with Gasteiger partial charge in [-0.25, -0.2) is 0 Å². The van der Waals surface area contributed by atoms with Gasteiger partial charge in [0.05, 0.1) is 11.7 Å². The molecular weight excluding hydrogens is 312 g/mol. The predicted octanol–water partition coefficient (Wildman–Crippen LogP) is 3.66. The first-order valence-corrected chi connectivity index (χ1v) is 9.02. The molecule has 0 atom stereocenters. The summed E-state index contributed by atoms with van der Waals surface area (Å²) in [4.78, 5) is 12.7. The molecule has 2 saturated carbocycles. The van der Waals surface area contributed by atoms with Gasteiger partial charge < -0.3 is 15.8 Å². The van der Waals surface area contributed by atoms with Gasteiger partial charge >= 0.3 is 0 Å². The van der Waals surface area contributed by atoms with Crippen LogP contribution in [0.2, 0.25) is 5.02 Å². The molecule has 2 aliphatic carbocycles. The highest BCUT2D eigenvalue weighted by Crippen LogP contribution is 2.29. The van der Waals surface area contributed by atoms with Crippen LogP contribution in [0.1, 0.15) is 61.7 Å². The van der Waals surface area contributed by atoms with Crippen molar-refractivity contribution in [1.29, 1.82) is 0 Å². The molecule has 1 aromatic carbocycles. The third-order valence-corrected chi connectivity index (χ3v) is 5.12. The number of hydrogen-bond donors (Lipinski definition) is 2. The fourth-order valence-electron chi connectivity index (χ4n) is 3.49. The number of carbonyl (C=O) groups is 1. The number of halogens is 1. The van der Waals surface area contributed by atoms with Crippen LogP contribution in [0.5, 0.6) is 5.75 Å². The molecule has 2 fully saturated rings. The highest BCUT2D eigenvalue weighted by molar-refractivity contribution is 6.31. The van der Waals surface area contributed by atoms with E-state index >= 15 is 0 Å². The number of benzene rings is 1. The van der Waals surface area contributed by atoms with Gasteiger partial charge in [-0.3, -0.25) is 4.79 Å². The number of carbonyl (C=O) groups excluding carboxylic acids is 1. The van der Waals surface area contributed by atoms with Gasteiger partial charge in [0, 0.05) is 17.1 Å². The monoisotopic (exact) mass is 336 g/mol. The van der Waals surface area contributed by atoms with Crippen LogP contribution in [0.25, 0.3) is 0 Å². The highest BCUT2D eigenvalue weighted by atomic mass is 35.5. The normalized spacial score (nSPS) is 25.3. The van der Waals surface area contributed by atoms with Crippen LogP contribution < -0.4 is 15.8 Å². The van der Waals surface area contributed by atoms with E-state index < -0.39 is 0 Å². The van der Waals surface area contributed by atoms with Crippen LogP contribution in [0.4, 0.5) is 0 Å². The average Bonchev–Trinajstić information content (AvgIpc) is 3.04. The van der Waals surface area contributed by atoms with Crippen molar-refractivity contribution in [2.24, 2.45) is 5.73 Å². The van der Waals surface area contributed by atoms with Crippen LogP contribution >= 0.6 is 11.6 Å². The number of amides is 1. The molecule has 0 spiro atoms. The van der Waals surface area contributed by atoms with E-state index in [-0.39, 0.29) is 24.1 Å². The number of hydrogen-bond acceptors (Lipinski definition) is 3. The molecule has 2 aliphatic rings. The summed E-state index contributed by atoms with van der Waals surface area (Å²) < 4.78 is 6.05. The number of ether oxygens (including phenoxy) is 1. The molecule has 1 amide bonds. The molecule has 0 saturated heterocycles. The lowest BCUT2D eigenvalue weighted by molar-refractivity contribution is 0.0918. The molecule has 4 nitrogen and oxygen atoms in total. The summed E-state index contributed by atoms with van der Waals surface area (Å²) >= 11 is 6.09. The Morgan fingerprint density at radius 3 is 2.52 bits per heavy atom. The summed E-state index contributed by atoms with van der Waals surface area (Å²) in [5.41, 5.74) is 6.47. The summed E-state index contributed by atoms with van der Waals surface area (Å²) in [5.74, 6) is 0.548. The second-order valence-corrected chi connectivity index (χ2v) is 7.19. The largest absolute Gasteiger partial charge is 0.490 e. The van der Waals surface area contributed by atoms with Crippen molar-refractivity contribution in [3.63, 3.8) is 0 Å². The van der Waals surface area contributed by atoms with Crippen molar-refractivity contribution < 1.29 is 9.53 Å². The molecule has 0 aliphatic heterocycles. The predicted molar refractivity (Wildman–Crippen MR) is 92.0 cm³/mol. The Morgan fingerprint density at radius 1 is 1.13 bits per heavy atom. The Labute approximate surface area is 142 Å². The zero-order valence-corrected chi connectivity index (χ0v) is 14.1. The minimum absolute atomic E-state index is 0.0963. The van der Waals surface area contributed by atoms with Crippen molar-refractivity contribution in [3.8, 4) is 5.75 Å².